The summed E-state index contributed by atoms with van der Waals surface area (Å²) >= 11 is 1.20. The molecule has 2 aliphatic heterocycles. The lowest BCUT2D eigenvalue weighted by molar-refractivity contribution is -0.165. The molecular formula is C29H23N3O5S. The fourth-order valence-corrected chi connectivity index (χ4v) is 5.69. The summed E-state index contributed by atoms with van der Waals surface area (Å²) in [7, 11) is 0. The van der Waals surface area contributed by atoms with Crippen LogP contribution in [-0.4, -0.2) is 46.2 Å². The zero-order valence-corrected chi connectivity index (χ0v) is 20.9. The molecule has 1 fully saturated rings. The maximum atomic E-state index is 13.6. The van der Waals surface area contributed by atoms with Gasteiger partial charge in [0.1, 0.15) is 11.4 Å². The van der Waals surface area contributed by atoms with Gasteiger partial charge in [-0.25, -0.2) is 9.59 Å². The van der Waals surface area contributed by atoms with Gasteiger partial charge in [0.05, 0.1) is 12.1 Å². The number of amides is 2. The Balaban J connectivity index is 1.37. The Labute approximate surface area is 223 Å². The van der Waals surface area contributed by atoms with Crippen molar-refractivity contribution in [1.82, 2.24) is 10.2 Å². The molecule has 1 N–H and O–H groups in total. The van der Waals surface area contributed by atoms with Crippen molar-refractivity contribution in [2.45, 2.75) is 30.0 Å². The number of hydrogen-bond donors (Lipinski definition) is 1. The smallest absolute Gasteiger partial charge is 0.336 e. The third-order valence-corrected chi connectivity index (χ3v) is 7.48. The average Bonchev–Trinajstić information content (AvgIpc) is 2.96. The number of esters is 1. The summed E-state index contributed by atoms with van der Waals surface area (Å²) in [5, 5.41) is 3.77. The largest absolute Gasteiger partial charge is 0.451 e. The summed E-state index contributed by atoms with van der Waals surface area (Å²) < 4.78 is 5.97. The van der Waals surface area contributed by atoms with E-state index >= 15 is 0 Å². The molecule has 9 heteroatoms. The van der Waals surface area contributed by atoms with Crippen molar-refractivity contribution in [3.8, 4) is 0 Å². The molecule has 190 valence electrons. The van der Waals surface area contributed by atoms with E-state index in [9.17, 15) is 19.2 Å². The molecule has 0 bridgehead atoms. The highest BCUT2D eigenvalue weighted by Gasteiger charge is 2.56. The third-order valence-electron chi connectivity index (χ3n) is 6.33. The van der Waals surface area contributed by atoms with Crippen molar-refractivity contribution < 1.29 is 23.9 Å². The first kappa shape index (κ1) is 25.2. The van der Waals surface area contributed by atoms with Gasteiger partial charge in [-0.3, -0.25) is 9.59 Å². The molecule has 0 spiro atoms. The van der Waals surface area contributed by atoms with Gasteiger partial charge in [0.15, 0.2) is 12.1 Å². The van der Waals surface area contributed by atoms with E-state index in [4.69, 9.17) is 4.74 Å². The molecule has 2 amide bonds. The lowest BCUT2D eigenvalue weighted by atomic mass is 9.99. The molecule has 38 heavy (non-hydrogen) atoms. The maximum absolute atomic E-state index is 13.6. The summed E-state index contributed by atoms with van der Waals surface area (Å²) in [4.78, 5) is 55.5. The second-order valence-corrected chi connectivity index (χ2v) is 9.76. The van der Waals surface area contributed by atoms with E-state index in [0.29, 0.717) is 0 Å². The van der Waals surface area contributed by atoms with Gasteiger partial charge >= 0.3 is 5.97 Å². The summed E-state index contributed by atoms with van der Waals surface area (Å²) in [5.74, 6) is -1.49. The molecular weight excluding hydrogens is 502 g/mol. The second kappa shape index (κ2) is 11.3. The number of hydrogen-bond acceptors (Lipinski definition) is 7. The number of rotatable bonds is 8. The fourth-order valence-electron chi connectivity index (χ4n) is 4.53. The van der Waals surface area contributed by atoms with Crippen molar-refractivity contribution in [2.75, 3.05) is 0 Å². The van der Waals surface area contributed by atoms with E-state index in [-0.39, 0.29) is 18.0 Å². The highest BCUT2D eigenvalue weighted by molar-refractivity contribution is 8.02. The number of nitrogens with one attached hydrogen (secondary N) is 1. The molecule has 3 aromatic carbocycles. The first-order chi connectivity index (χ1) is 18.6. The molecule has 5 rings (SSSR count). The van der Waals surface area contributed by atoms with Crippen LogP contribution < -0.4 is 5.32 Å². The third kappa shape index (κ3) is 5.16. The highest BCUT2D eigenvalue weighted by atomic mass is 32.2. The van der Waals surface area contributed by atoms with Crippen LogP contribution in [0.1, 0.15) is 22.8 Å². The van der Waals surface area contributed by atoms with Crippen LogP contribution in [0.3, 0.4) is 0 Å². The predicted molar refractivity (Wildman–Crippen MR) is 141 cm³/mol. The van der Waals surface area contributed by atoms with E-state index in [1.807, 2.05) is 91.0 Å². The molecule has 0 radical (unpaired) electrons. The Kier molecular flexibility index (Phi) is 7.49. The first-order valence-corrected chi connectivity index (χ1v) is 12.9. The molecule has 0 aromatic heterocycles. The molecule has 0 aliphatic carbocycles. The molecule has 2 aliphatic rings. The SMILES string of the molecule is O=C=NC1=CS[C@@H]2C(NC(=O)Cc3ccccc3)C(=O)N2C1C(=O)OC(c1ccccc1)c1ccccc1. The van der Waals surface area contributed by atoms with Crippen LogP contribution in [-0.2, 0) is 30.3 Å². The van der Waals surface area contributed by atoms with Crippen LogP contribution in [0.2, 0.25) is 0 Å². The number of thioether (sulfide) groups is 1. The first-order valence-electron chi connectivity index (χ1n) is 12.0. The van der Waals surface area contributed by atoms with Crippen molar-refractivity contribution in [1.29, 1.82) is 0 Å². The zero-order valence-electron chi connectivity index (χ0n) is 20.1. The van der Waals surface area contributed by atoms with Gasteiger partial charge in [-0.1, -0.05) is 91.0 Å². The summed E-state index contributed by atoms with van der Waals surface area (Å²) in [6.45, 7) is 0. The van der Waals surface area contributed by atoms with Crippen molar-refractivity contribution in [2.24, 2.45) is 4.99 Å². The number of nitrogens with zero attached hydrogens (tertiary/aromatic N) is 2. The minimum absolute atomic E-state index is 0.0635. The number of isocyanates is 1. The van der Waals surface area contributed by atoms with Crippen LogP contribution >= 0.6 is 11.8 Å². The number of carbonyl (C=O) groups excluding carboxylic acids is 4. The van der Waals surface area contributed by atoms with Gasteiger partial charge in [-0.2, -0.15) is 4.99 Å². The molecule has 1 saturated heterocycles. The lowest BCUT2D eigenvalue weighted by Gasteiger charge is -2.51. The normalized spacial score (nSPS) is 19.9. The molecule has 0 saturated carbocycles. The van der Waals surface area contributed by atoms with Crippen LogP contribution in [0.5, 0.6) is 0 Å². The van der Waals surface area contributed by atoms with Crippen molar-refractivity contribution in [3.63, 3.8) is 0 Å². The number of fused-ring (bicyclic) bond motifs is 1. The minimum Gasteiger partial charge on any atom is -0.451 e. The van der Waals surface area contributed by atoms with Gasteiger partial charge < -0.3 is 15.0 Å². The maximum Gasteiger partial charge on any atom is 0.336 e. The van der Waals surface area contributed by atoms with E-state index in [1.54, 1.807) is 5.41 Å². The Morgan fingerprint density at radius 3 is 2.11 bits per heavy atom. The molecule has 3 aromatic rings. The molecule has 3 atom stereocenters. The number of benzene rings is 3. The number of carbonyl (C=O) groups is 3. The van der Waals surface area contributed by atoms with Gasteiger partial charge in [0, 0.05) is 0 Å². The standard InChI is InChI=1S/C29H23N3O5S/c33-18-30-22-17-38-28-24(31-23(34)16-19-10-4-1-5-11-19)27(35)32(28)25(22)29(36)37-26(20-12-6-2-7-13-20)21-14-8-3-9-15-21/h1-15,17,24-26,28H,16H2,(H,31,34)/t24?,25?,28-/m1/s1. The molecule has 2 heterocycles. The monoisotopic (exact) mass is 525 g/mol. The second-order valence-electron chi connectivity index (χ2n) is 8.77. The van der Waals surface area contributed by atoms with Gasteiger partial charge in [-0.05, 0) is 22.1 Å². The fraction of sp³-hybridized carbons (Fsp3) is 0.172. The summed E-state index contributed by atoms with van der Waals surface area (Å²) in [6.07, 6.45) is 0.848. The zero-order chi connectivity index (χ0) is 26.5. The van der Waals surface area contributed by atoms with Crippen LogP contribution in [0.25, 0.3) is 0 Å². The van der Waals surface area contributed by atoms with Crippen LogP contribution in [0.4, 0.5) is 0 Å². The number of β-lactam (4-membered cyclic amide) rings is 1. The van der Waals surface area contributed by atoms with E-state index in [0.717, 1.165) is 16.7 Å². The van der Waals surface area contributed by atoms with E-state index in [2.05, 4.69) is 10.3 Å². The Morgan fingerprint density at radius 1 is 0.947 bits per heavy atom. The van der Waals surface area contributed by atoms with E-state index in [1.165, 1.54) is 22.7 Å². The topological polar surface area (TPSA) is 105 Å². The predicted octanol–water partition coefficient (Wildman–Crippen LogP) is 3.51. The van der Waals surface area contributed by atoms with Crippen molar-refractivity contribution >= 4 is 35.6 Å². The Hall–Kier alpha value is -4.46. The molecule has 2 unspecified atom stereocenters. The quantitative estimate of drug-likeness (QED) is 0.209. The van der Waals surface area contributed by atoms with Gasteiger partial charge in [0.2, 0.25) is 17.9 Å². The highest BCUT2D eigenvalue weighted by Crippen LogP contribution is 2.41. The van der Waals surface area contributed by atoms with Crippen molar-refractivity contribution in [3.05, 3.63) is 119 Å². The number of aliphatic imine (C=N–C) groups is 1. The van der Waals surface area contributed by atoms with Crippen LogP contribution in [0.15, 0.2) is 107 Å². The van der Waals surface area contributed by atoms with Gasteiger partial charge in [-0.15, -0.1) is 11.8 Å². The summed E-state index contributed by atoms with van der Waals surface area (Å²) in [5.41, 5.74) is 2.38. The summed E-state index contributed by atoms with van der Waals surface area (Å²) in [6, 6.07) is 25.6. The Morgan fingerprint density at radius 2 is 1.53 bits per heavy atom. The van der Waals surface area contributed by atoms with Crippen LogP contribution in [0, 0.1) is 0 Å². The molecule has 8 nitrogen and oxygen atoms in total. The lowest BCUT2D eigenvalue weighted by Crippen LogP contribution is -2.74. The minimum atomic E-state index is -1.24. The average molecular weight is 526 g/mol. The van der Waals surface area contributed by atoms with Gasteiger partial charge in [0.25, 0.3) is 0 Å². The number of ether oxygens (including phenoxy) is 1. The Bertz CT molecular complexity index is 1370. The van der Waals surface area contributed by atoms with E-state index < -0.39 is 35.4 Å².